The summed E-state index contributed by atoms with van der Waals surface area (Å²) in [5.74, 6) is -0.745. The summed E-state index contributed by atoms with van der Waals surface area (Å²) >= 11 is 0. The van der Waals surface area contributed by atoms with Gasteiger partial charge in [-0.05, 0) is 13.3 Å². The molecule has 0 aliphatic rings. The average molecular weight is 280 g/mol. The minimum Gasteiger partial charge on any atom is 0 e. The van der Waals surface area contributed by atoms with Gasteiger partial charge in [0.2, 0.25) is 0 Å². The van der Waals surface area contributed by atoms with Crippen LogP contribution in [-0.2, 0) is 35.8 Å². The molecule has 1 N–H and O–H groups in total. The molecule has 0 atom stereocenters. The summed E-state index contributed by atoms with van der Waals surface area (Å²) < 4.78 is 22.5. The van der Waals surface area contributed by atoms with Gasteiger partial charge >= 0.3 is 39.9 Å². The van der Waals surface area contributed by atoms with Crippen LogP contribution in [-0.4, -0.2) is 11.1 Å². The largest absolute Gasteiger partial charge is 0 e. The maximum Gasteiger partial charge on any atom is 0 e. The van der Waals surface area contributed by atoms with Crippen molar-refractivity contribution < 1.29 is 40.9 Å². The Kier molecular flexibility index (Phi) is 81.1. The molecule has 0 unspecified atom stereocenters. The van der Waals surface area contributed by atoms with Gasteiger partial charge in [-0.1, -0.05) is 24.3 Å². The molecule has 0 saturated heterocycles. The van der Waals surface area contributed by atoms with Gasteiger partial charge in [-0.3, -0.25) is 4.79 Å². The molecule has 17 heavy (non-hydrogen) atoms. The molecule has 6 heteroatoms. The van der Waals surface area contributed by atoms with Crippen molar-refractivity contribution in [2.45, 2.75) is 19.8 Å². The maximum absolute atomic E-state index is 9.98. The van der Waals surface area contributed by atoms with E-state index >= 15 is 0 Å². The molecular weight excluding hydrogens is 268 g/mol. The van der Waals surface area contributed by atoms with Crippen LogP contribution < -0.4 is 0 Å². The first-order valence-electron chi connectivity index (χ1n) is 3.88. The molecule has 0 aromatic carbocycles. The first kappa shape index (κ1) is 29.6. The van der Waals surface area contributed by atoms with Crippen molar-refractivity contribution in [2.24, 2.45) is 0 Å². The van der Waals surface area contributed by atoms with Crippen molar-refractivity contribution in [3.8, 4) is 0 Å². The third-order valence-corrected chi connectivity index (χ3v) is 0.965. The molecule has 0 bridgehead atoms. The third-order valence-electron chi connectivity index (χ3n) is 0.965. The molecule has 94 valence electrons. The second-order valence-electron chi connectivity index (χ2n) is 1.89. The molecular formula is C11H12FeO5. The minimum atomic E-state index is -0.745. The smallest absolute Gasteiger partial charge is 0 e. The van der Waals surface area contributed by atoms with Crippen LogP contribution in [0.25, 0.3) is 0 Å². The Morgan fingerprint density at radius 2 is 1.53 bits per heavy atom. The number of carboxylic acid groups (broad SMARTS) is 1. The van der Waals surface area contributed by atoms with Gasteiger partial charge in [0.05, 0.1) is 0 Å². The maximum atomic E-state index is 9.98. The molecule has 0 radical (unpaired) electrons. The van der Waals surface area contributed by atoms with E-state index in [1.165, 1.54) is 0 Å². The van der Waals surface area contributed by atoms with E-state index in [0.29, 0.717) is 6.42 Å². The molecule has 0 aliphatic heterocycles. The summed E-state index contributed by atoms with van der Waals surface area (Å²) in [5, 5.41) is 8.22. The zero-order chi connectivity index (χ0) is 13.8. The second kappa shape index (κ2) is 46.6. The number of allylic oxidation sites excluding steroid dienone is 4. The van der Waals surface area contributed by atoms with Crippen LogP contribution in [0.1, 0.15) is 19.8 Å². The molecule has 0 spiro atoms. The first-order chi connectivity index (χ1) is 7.77. The Bertz CT molecular complexity index is 236. The van der Waals surface area contributed by atoms with Gasteiger partial charge in [0.25, 0.3) is 0 Å². The Labute approximate surface area is 111 Å². The third kappa shape index (κ3) is 73.1. The van der Waals surface area contributed by atoms with E-state index in [9.17, 15) is 4.79 Å². The summed E-state index contributed by atoms with van der Waals surface area (Å²) in [6.45, 7) is 15.4. The molecule has 0 aliphatic carbocycles. The average Bonchev–Trinajstić information content (AvgIpc) is 2.36. The van der Waals surface area contributed by atoms with Gasteiger partial charge in [0.1, 0.15) is 0 Å². The van der Waals surface area contributed by atoms with E-state index in [0.717, 1.165) is 0 Å². The Morgan fingerprint density at radius 3 is 1.82 bits per heavy atom. The van der Waals surface area contributed by atoms with Crippen molar-refractivity contribution >= 4 is 5.97 Å². The normalized spacial score (nSPS) is 7.00. The number of hydrogen-bond donors (Lipinski definition) is 1. The minimum absolute atomic E-state index is 0. The molecule has 0 aromatic rings. The van der Waals surface area contributed by atoms with Gasteiger partial charge in [0, 0.05) is 23.5 Å². The van der Waals surface area contributed by atoms with E-state index < -0.39 is 5.97 Å². The van der Waals surface area contributed by atoms with Crippen LogP contribution in [0.4, 0.5) is 0 Å². The summed E-state index contributed by atoms with van der Waals surface area (Å²) in [4.78, 5) is 9.98. The zero-order valence-electron chi connectivity index (χ0n) is 9.16. The second-order valence-corrected chi connectivity index (χ2v) is 1.89. The quantitative estimate of drug-likeness (QED) is 0.368. The van der Waals surface area contributed by atoms with Crippen molar-refractivity contribution in [2.75, 3.05) is 0 Å². The van der Waals surface area contributed by atoms with Crippen LogP contribution in [0.2, 0.25) is 0 Å². The topological polar surface area (TPSA) is 97.0 Å². The SMILES string of the molecule is C/C=C/C=C/CCC(=O)O.[C-]#[O+].[C-]#[O+].[C-]#[O+].[Fe]. The van der Waals surface area contributed by atoms with Gasteiger partial charge in [-0.25, -0.2) is 0 Å². The number of rotatable bonds is 4. The first-order valence-corrected chi connectivity index (χ1v) is 3.88. The summed E-state index contributed by atoms with van der Waals surface area (Å²) in [6.07, 6.45) is 8.30. The van der Waals surface area contributed by atoms with E-state index in [1.807, 2.05) is 31.2 Å². The standard InChI is InChI=1S/C8H12O2.3CO.Fe/c1-2-3-4-5-6-7-8(9)10;3*1-2;/h2-5H,6-7H2,1H3,(H,9,10);;;;/b3-2+,5-4+;;;;. The number of carboxylic acids is 1. The number of carbonyl (C=O) groups is 1. The fourth-order valence-electron chi connectivity index (χ4n) is 0.493. The molecule has 0 saturated carbocycles. The van der Waals surface area contributed by atoms with Gasteiger partial charge in [-0.2, -0.15) is 0 Å². The summed E-state index contributed by atoms with van der Waals surface area (Å²) in [5.41, 5.74) is 0. The monoisotopic (exact) mass is 280 g/mol. The van der Waals surface area contributed by atoms with E-state index in [-0.39, 0.29) is 23.5 Å². The van der Waals surface area contributed by atoms with Crippen LogP contribution in [0.5, 0.6) is 0 Å². The van der Waals surface area contributed by atoms with Gasteiger partial charge < -0.3 is 5.11 Å². The predicted molar refractivity (Wildman–Crippen MR) is 52.6 cm³/mol. The molecule has 0 aromatic heterocycles. The van der Waals surface area contributed by atoms with E-state index in [2.05, 4.69) is 20.0 Å². The molecule has 0 heterocycles. The molecule has 0 amide bonds. The van der Waals surface area contributed by atoms with Crippen molar-refractivity contribution in [1.82, 2.24) is 0 Å². The van der Waals surface area contributed by atoms with Crippen LogP contribution >= 0.6 is 0 Å². The van der Waals surface area contributed by atoms with Crippen molar-refractivity contribution in [3.63, 3.8) is 0 Å². The fourth-order valence-corrected chi connectivity index (χ4v) is 0.493. The predicted octanol–water partition coefficient (Wildman–Crippen LogP) is 1.87. The summed E-state index contributed by atoms with van der Waals surface area (Å²) in [6, 6.07) is 0. The Balaban J connectivity index is -0.0000000594. The zero-order valence-corrected chi connectivity index (χ0v) is 10.3. The van der Waals surface area contributed by atoms with E-state index in [1.54, 1.807) is 0 Å². The molecule has 0 rings (SSSR count). The molecule has 0 fully saturated rings. The number of aliphatic carboxylic acids is 1. The van der Waals surface area contributed by atoms with Crippen molar-refractivity contribution in [3.05, 3.63) is 44.3 Å². The van der Waals surface area contributed by atoms with Crippen LogP contribution in [0.15, 0.2) is 24.3 Å². The van der Waals surface area contributed by atoms with Crippen LogP contribution in [0, 0.1) is 20.0 Å². The number of hydrogen-bond acceptors (Lipinski definition) is 1. The van der Waals surface area contributed by atoms with E-state index in [4.69, 9.17) is 19.1 Å². The van der Waals surface area contributed by atoms with Crippen LogP contribution in [0.3, 0.4) is 0 Å². The van der Waals surface area contributed by atoms with Crippen molar-refractivity contribution in [1.29, 1.82) is 0 Å². The fraction of sp³-hybridized carbons (Fsp3) is 0.273. The molecule has 5 nitrogen and oxygen atoms in total. The van der Waals surface area contributed by atoms with Gasteiger partial charge in [0.15, 0.2) is 0 Å². The Morgan fingerprint density at radius 1 is 1.12 bits per heavy atom. The van der Waals surface area contributed by atoms with Gasteiger partial charge in [-0.15, -0.1) is 0 Å². The summed E-state index contributed by atoms with van der Waals surface area (Å²) in [7, 11) is 0. The Hall–Kier alpha value is -1.31.